The normalized spacial score (nSPS) is 22.4. The van der Waals surface area contributed by atoms with E-state index >= 15 is 0 Å². The summed E-state index contributed by atoms with van der Waals surface area (Å²) in [6, 6.07) is 5.73. The second kappa shape index (κ2) is 6.45. The van der Waals surface area contributed by atoms with E-state index in [0.717, 1.165) is 24.1 Å². The summed E-state index contributed by atoms with van der Waals surface area (Å²) < 4.78 is 1.71. The molecule has 6 rings (SSSR count). The minimum Gasteiger partial charge on any atom is -0.336 e. The van der Waals surface area contributed by atoms with Gasteiger partial charge in [0.15, 0.2) is 0 Å². The van der Waals surface area contributed by atoms with Crippen LogP contribution in [-0.4, -0.2) is 55.3 Å². The summed E-state index contributed by atoms with van der Waals surface area (Å²) in [5, 5.41) is 6.26. The van der Waals surface area contributed by atoms with Crippen LogP contribution in [0.2, 0.25) is 0 Å². The summed E-state index contributed by atoms with van der Waals surface area (Å²) in [4.78, 5) is 34.2. The van der Waals surface area contributed by atoms with E-state index in [1.165, 1.54) is 11.3 Å². The average molecular weight is 381 g/mol. The standard InChI is InChI=1S/C19H19N5O2S/c25-18-13-4-5-15(23(18)9-14-11-27-12-20-14)10-22(8-13)19(26)16-7-21-24-6-2-1-3-17(16)24/h1-3,6-7,11-13,15H,4-5,8-10H2/t13-,15+/m0/s1. The molecule has 7 nitrogen and oxygen atoms in total. The summed E-state index contributed by atoms with van der Waals surface area (Å²) >= 11 is 1.54. The molecule has 3 saturated heterocycles. The van der Waals surface area contributed by atoms with E-state index in [2.05, 4.69) is 10.1 Å². The number of aromatic nitrogens is 3. The zero-order valence-corrected chi connectivity index (χ0v) is 15.5. The highest BCUT2D eigenvalue weighted by Gasteiger charge is 2.42. The van der Waals surface area contributed by atoms with Gasteiger partial charge in [-0.15, -0.1) is 11.3 Å². The van der Waals surface area contributed by atoms with Gasteiger partial charge in [0.25, 0.3) is 5.91 Å². The molecule has 2 atom stereocenters. The molecule has 0 saturated carbocycles. The number of amides is 2. The third-order valence-corrected chi connectivity index (χ3v) is 6.19. The lowest BCUT2D eigenvalue weighted by atomic mass is 9.94. The van der Waals surface area contributed by atoms with Crippen molar-refractivity contribution in [3.05, 3.63) is 52.7 Å². The molecule has 0 aliphatic carbocycles. The summed E-state index contributed by atoms with van der Waals surface area (Å²) in [5.41, 5.74) is 4.10. The van der Waals surface area contributed by atoms with Crippen molar-refractivity contribution >= 4 is 28.7 Å². The zero-order valence-electron chi connectivity index (χ0n) is 14.7. The Balaban J connectivity index is 1.42. The predicted octanol–water partition coefficient (Wildman–Crippen LogP) is 2.05. The van der Waals surface area contributed by atoms with Crippen LogP contribution in [0.4, 0.5) is 0 Å². The van der Waals surface area contributed by atoms with Gasteiger partial charge >= 0.3 is 0 Å². The molecule has 0 unspecified atom stereocenters. The first-order chi connectivity index (χ1) is 13.2. The summed E-state index contributed by atoms with van der Waals surface area (Å²) in [6.45, 7) is 1.57. The maximum Gasteiger partial charge on any atom is 0.257 e. The van der Waals surface area contributed by atoms with E-state index < -0.39 is 0 Å². The molecule has 8 heteroatoms. The van der Waals surface area contributed by atoms with Crippen LogP contribution < -0.4 is 0 Å². The van der Waals surface area contributed by atoms with E-state index in [4.69, 9.17) is 0 Å². The molecule has 0 spiro atoms. The minimum atomic E-state index is -0.131. The summed E-state index contributed by atoms with van der Waals surface area (Å²) in [5.74, 6) is -0.0287. The van der Waals surface area contributed by atoms with Crippen LogP contribution in [-0.2, 0) is 11.3 Å². The van der Waals surface area contributed by atoms with E-state index in [0.29, 0.717) is 25.2 Å². The van der Waals surface area contributed by atoms with Gasteiger partial charge in [-0.3, -0.25) is 9.59 Å². The van der Waals surface area contributed by atoms with Crippen molar-refractivity contribution in [2.24, 2.45) is 5.92 Å². The Labute approximate surface area is 160 Å². The number of pyridine rings is 1. The minimum absolute atomic E-state index is 0.0450. The van der Waals surface area contributed by atoms with Crippen molar-refractivity contribution in [1.82, 2.24) is 24.4 Å². The Morgan fingerprint density at radius 2 is 2.19 bits per heavy atom. The first-order valence-electron chi connectivity index (χ1n) is 9.10. The van der Waals surface area contributed by atoms with Crippen LogP contribution in [0.15, 0.2) is 41.5 Å². The number of carbonyl (C=O) groups excluding carboxylic acids is 2. The van der Waals surface area contributed by atoms with E-state index in [-0.39, 0.29) is 23.8 Å². The van der Waals surface area contributed by atoms with Crippen molar-refractivity contribution in [3.8, 4) is 0 Å². The Hall–Kier alpha value is -2.74. The Morgan fingerprint density at radius 3 is 3.04 bits per heavy atom. The highest BCUT2D eigenvalue weighted by Crippen LogP contribution is 2.31. The summed E-state index contributed by atoms with van der Waals surface area (Å²) in [7, 11) is 0. The van der Waals surface area contributed by atoms with Crippen LogP contribution in [0, 0.1) is 5.92 Å². The van der Waals surface area contributed by atoms with Crippen LogP contribution in [0.5, 0.6) is 0 Å². The predicted molar refractivity (Wildman–Crippen MR) is 100 cm³/mol. The van der Waals surface area contributed by atoms with Crippen LogP contribution in [0.25, 0.3) is 5.52 Å². The zero-order chi connectivity index (χ0) is 18.4. The summed E-state index contributed by atoms with van der Waals surface area (Å²) in [6.07, 6.45) is 5.23. The lowest BCUT2D eigenvalue weighted by molar-refractivity contribution is -0.140. The maximum atomic E-state index is 13.2. The second-order valence-corrected chi connectivity index (χ2v) is 7.89. The smallest absolute Gasteiger partial charge is 0.257 e. The monoisotopic (exact) mass is 381 g/mol. The lowest BCUT2D eigenvalue weighted by Crippen LogP contribution is -2.47. The molecule has 0 aromatic carbocycles. The van der Waals surface area contributed by atoms with Crippen LogP contribution >= 0.6 is 11.3 Å². The molecule has 3 fully saturated rings. The fourth-order valence-electron chi connectivity index (χ4n) is 4.17. The molecule has 3 aromatic heterocycles. The van der Waals surface area contributed by atoms with Gasteiger partial charge in [-0.1, -0.05) is 6.07 Å². The SMILES string of the molecule is O=C(c1cnn2ccccc12)N1C[C@@H]2CC[C@H](C1)N(Cc1cscn1)C2=O. The van der Waals surface area contributed by atoms with Gasteiger partial charge in [0.05, 0.1) is 40.9 Å². The highest BCUT2D eigenvalue weighted by molar-refractivity contribution is 7.07. The first-order valence-corrected chi connectivity index (χ1v) is 10.0. The molecule has 3 aliphatic rings. The molecule has 2 bridgehead atoms. The average Bonchev–Trinajstić information content (AvgIpc) is 3.27. The third-order valence-electron chi connectivity index (χ3n) is 5.55. The molecule has 138 valence electrons. The van der Waals surface area contributed by atoms with Gasteiger partial charge in [-0.2, -0.15) is 5.10 Å². The van der Waals surface area contributed by atoms with Crippen molar-refractivity contribution in [3.63, 3.8) is 0 Å². The number of piperidine rings is 1. The number of nitrogens with zero attached hydrogens (tertiary/aromatic N) is 5. The van der Waals surface area contributed by atoms with Gasteiger partial charge in [0.1, 0.15) is 0 Å². The molecule has 0 radical (unpaired) electrons. The molecule has 3 aliphatic heterocycles. The van der Waals surface area contributed by atoms with Crippen LogP contribution in [0.1, 0.15) is 28.9 Å². The van der Waals surface area contributed by atoms with Crippen molar-refractivity contribution in [2.45, 2.75) is 25.4 Å². The van der Waals surface area contributed by atoms with Gasteiger partial charge < -0.3 is 9.80 Å². The topological polar surface area (TPSA) is 70.8 Å². The van der Waals surface area contributed by atoms with E-state index in [1.54, 1.807) is 16.2 Å². The number of thiazole rings is 1. The molecule has 6 heterocycles. The van der Waals surface area contributed by atoms with Gasteiger partial charge in [-0.25, -0.2) is 9.50 Å². The number of hydrogen-bond donors (Lipinski definition) is 0. The lowest BCUT2D eigenvalue weighted by Gasteiger charge is -2.35. The molecular formula is C19H19N5O2S. The number of rotatable bonds is 3. The Bertz CT molecular complexity index is 999. The molecular weight excluding hydrogens is 362 g/mol. The quantitative estimate of drug-likeness (QED) is 0.696. The maximum absolute atomic E-state index is 13.2. The van der Waals surface area contributed by atoms with Crippen molar-refractivity contribution in [2.75, 3.05) is 13.1 Å². The Kier molecular flexibility index (Phi) is 3.93. The van der Waals surface area contributed by atoms with Crippen molar-refractivity contribution in [1.29, 1.82) is 0 Å². The molecule has 0 N–H and O–H groups in total. The third kappa shape index (κ3) is 2.80. The Morgan fingerprint density at radius 1 is 1.26 bits per heavy atom. The van der Waals surface area contributed by atoms with E-state index in [9.17, 15) is 9.59 Å². The fourth-order valence-corrected chi connectivity index (χ4v) is 4.72. The van der Waals surface area contributed by atoms with Crippen LogP contribution in [0.3, 0.4) is 0 Å². The van der Waals surface area contributed by atoms with Crippen molar-refractivity contribution < 1.29 is 9.59 Å². The molecule has 27 heavy (non-hydrogen) atoms. The van der Waals surface area contributed by atoms with Gasteiger partial charge in [-0.05, 0) is 25.0 Å². The number of carbonyl (C=O) groups is 2. The second-order valence-electron chi connectivity index (χ2n) is 7.17. The molecule has 3 aromatic rings. The van der Waals surface area contributed by atoms with E-state index in [1.807, 2.05) is 39.6 Å². The van der Waals surface area contributed by atoms with Gasteiger partial charge in [0, 0.05) is 30.7 Å². The van der Waals surface area contributed by atoms with Gasteiger partial charge in [0.2, 0.25) is 5.91 Å². The largest absolute Gasteiger partial charge is 0.336 e. The number of hydrogen-bond acceptors (Lipinski definition) is 5. The highest BCUT2D eigenvalue weighted by atomic mass is 32.1. The molecule has 2 amide bonds. The first kappa shape index (κ1) is 16.4. The fraction of sp³-hybridized carbons (Fsp3) is 0.368. The number of fused-ring (bicyclic) bond motifs is 5.